The van der Waals surface area contributed by atoms with E-state index in [2.05, 4.69) is 34.5 Å². The molecule has 4 nitrogen and oxygen atoms in total. The van der Waals surface area contributed by atoms with Crippen LogP contribution in [0.2, 0.25) is 0 Å². The molecule has 0 spiro atoms. The summed E-state index contributed by atoms with van der Waals surface area (Å²) in [4.78, 5) is 2.44. The number of morpholine rings is 1. The minimum atomic E-state index is 0.659. The molecule has 0 aromatic heterocycles. The van der Waals surface area contributed by atoms with Crippen LogP contribution in [0.1, 0.15) is 18.4 Å². The third-order valence-corrected chi connectivity index (χ3v) is 4.32. The number of rotatable bonds is 5. The van der Waals surface area contributed by atoms with Gasteiger partial charge in [-0.2, -0.15) is 0 Å². The van der Waals surface area contributed by atoms with Crippen LogP contribution in [0.25, 0.3) is 0 Å². The Hall–Kier alpha value is -1.10. The van der Waals surface area contributed by atoms with Crippen LogP contribution in [0.4, 0.5) is 0 Å². The quantitative estimate of drug-likeness (QED) is 0.898. The summed E-state index contributed by atoms with van der Waals surface area (Å²) in [5, 5.41) is 3.43. The summed E-state index contributed by atoms with van der Waals surface area (Å²) >= 11 is 0. The number of ether oxygens (including phenoxy) is 2. The summed E-state index contributed by atoms with van der Waals surface area (Å²) in [6.45, 7) is 7.88. The summed E-state index contributed by atoms with van der Waals surface area (Å²) in [7, 11) is 0. The molecule has 4 heteroatoms. The Labute approximate surface area is 127 Å². The summed E-state index contributed by atoms with van der Waals surface area (Å²) in [6, 6.07) is 8.58. The van der Waals surface area contributed by atoms with Crippen molar-refractivity contribution in [3.8, 4) is 5.75 Å². The smallest absolute Gasteiger partial charge is 0.119 e. The predicted octanol–water partition coefficient (Wildman–Crippen LogP) is 1.90. The Bertz CT molecular complexity index is 409. The van der Waals surface area contributed by atoms with Gasteiger partial charge in [-0.1, -0.05) is 12.1 Å². The molecule has 2 heterocycles. The van der Waals surface area contributed by atoms with Gasteiger partial charge < -0.3 is 14.8 Å². The molecule has 2 aliphatic heterocycles. The highest BCUT2D eigenvalue weighted by molar-refractivity contribution is 5.27. The zero-order chi connectivity index (χ0) is 14.3. The van der Waals surface area contributed by atoms with Crippen LogP contribution in [0.3, 0.4) is 0 Å². The van der Waals surface area contributed by atoms with E-state index in [9.17, 15) is 0 Å². The van der Waals surface area contributed by atoms with E-state index < -0.39 is 0 Å². The average molecular weight is 290 g/mol. The first-order chi connectivity index (χ1) is 10.4. The summed E-state index contributed by atoms with van der Waals surface area (Å²) < 4.78 is 11.3. The maximum Gasteiger partial charge on any atom is 0.119 e. The maximum atomic E-state index is 5.92. The number of nitrogens with one attached hydrogen (secondary N) is 1. The molecule has 0 amide bonds. The van der Waals surface area contributed by atoms with Gasteiger partial charge in [0.05, 0.1) is 19.8 Å². The molecule has 1 atom stereocenters. The van der Waals surface area contributed by atoms with Gasteiger partial charge in [0.15, 0.2) is 0 Å². The normalized spacial score (nSPS) is 23.9. The largest absolute Gasteiger partial charge is 0.493 e. The van der Waals surface area contributed by atoms with E-state index in [-0.39, 0.29) is 0 Å². The third-order valence-electron chi connectivity index (χ3n) is 4.32. The van der Waals surface area contributed by atoms with Crippen molar-refractivity contribution in [3.63, 3.8) is 0 Å². The molecule has 0 radical (unpaired) electrons. The lowest BCUT2D eigenvalue weighted by Gasteiger charge is -2.26. The lowest BCUT2D eigenvalue weighted by Crippen LogP contribution is -2.35. The first kappa shape index (κ1) is 14.8. The van der Waals surface area contributed by atoms with Crippen LogP contribution >= 0.6 is 0 Å². The van der Waals surface area contributed by atoms with Crippen LogP contribution in [0.5, 0.6) is 5.75 Å². The molecule has 1 unspecified atom stereocenters. The summed E-state index contributed by atoms with van der Waals surface area (Å²) in [5.74, 6) is 1.65. The van der Waals surface area contributed by atoms with Crippen LogP contribution in [-0.2, 0) is 11.3 Å². The van der Waals surface area contributed by atoms with E-state index in [1.165, 1.54) is 18.4 Å². The minimum Gasteiger partial charge on any atom is -0.493 e. The van der Waals surface area contributed by atoms with Crippen molar-refractivity contribution >= 4 is 0 Å². The van der Waals surface area contributed by atoms with Gasteiger partial charge in [-0.3, -0.25) is 4.90 Å². The Balaban J connectivity index is 1.44. The minimum absolute atomic E-state index is 0.659. The fraction of sp³-hybridized carbons (Fsp3) is 0.647. The second-order valence-corrected chi connectivity index (χ2v) is 6.06. The summed E-state index contributed by atoms with van der Waals surface area (Å²) in [5.41, 5.74) is 1.35. The predicted molar refractivity (Wildman–Crippen MR) is 83.6 cm³/mol. The molecule has 2 saturated heterocycles. The molecule has 2 fully saturated rings. The first-order valence-corrected chi connectivity index (χ1v) is 8.13. The van der Waals surface area contributed by atoms with Gasteiger partial charge in [0.25, 0.3) is 0 Å². The van der Waals surface area contributed by atoms with Crippen molar-refractivity contribution in [2.24, 2.45) is 5.92 Å². The highest BCUT2D eigenvalue weighted by Gasteiger charge is 2.14. The Kier molecular flexibility index (Phi) is 5.49. The molecular formula is C17H26N2O2. The molecule has 0 saturated carbocycles. The van der Waals surface area contributed by atoms with E-state index in [0.717, 1.165) is 58.3 Å². The molecule has 3 rings (SSSR count). The first-order valence-electron chi connectivity index (χ1n) is 8.13. The molecule has 2 aliphatic rings. The second-order valence-electron chi connectivity index (χ2n) is 6.06. The van der Waals surface area contributed by atoms with Crippen molar-refractivity contribution in [1.82, 2.24) is 10.2 Å². The number of benzene rings is 1. The van der Waals surface area contributed by atoms with Gasteiger partial charge >= 0.3 is 0 Å². The van der Waals surface area contributed by atoms with Crippen LogP contribution < -0.4 is 10.1 Å². The molecule has 1 N–H and O–H groups in total. The standard InChI is InChI=1S/C17H26N2O2/c1-2-16(12-18-7-1)14-21-17-5-3-15(4-6-17)13-19-8-10-20-11-9-19/h3-6,16,18H,1-2,7-14H2. The van der Waals surface area contributed by atoms with Crippen molar-refractivity contribution in [3.05, 3.63) is 29.8 Å². The lowest BCUT2D eigenvalue weighted by molar-refractivity contribution is 0.0342. The van der Waals surface area contributed by atoms with Gasteiger partial charge in [0.1, 0.15) is 5.75 Å². The molecule has 21 heavy (non-hydrogen) atoms. The van der Waals surface area contributed by atoms with Crippen molar-refractivity contribution in [1.29, 1.82) is 0 Å². The summed E-state index contributed by atoms with van der Waals surface area (Å²) in [6.07, 6.45) is 2.55. The topological polar surface area (TPSA) is 33.7 Å². The molecule has 0 aliphatic carbocycles. The van der Waals surface area contributed by atoms with E-state index in [0.29, 0.717) is 5.92 Å². The zero-order valence-corrected chi connectivity index (χ0v) is 12.7. The number of hydrogen-bond donors (Lipinski definition) is 1. The SMILES string of the molecule is c1cc(OCC2CCCNC2)ccc1CN1CCOCC1. The highest BCUT2D eigenvalue weighted by Crippen LogP contribution is 2.17. The van der Waals surface area contributed by atoms with Crippen molar-refractivity contribution in [2.45, 2.75) is 19.4 Å². The fourth-order valence-corrected chi connectivity index (χ4v) is 2.99. The third kappa shape index (κ3) is 4.70. The Morgan fingerprint density at radius 1 is 1.19 bits per heavy atom. The Morgan fingerprint density at radius 3 is 2.71 bits per heavy atom. The fourth-order valence-electron chi connectivity index (χ4n) is 2.99. The molecule has 116 valence electrons. The molecule has 1 aromatic rings. The Morgan fingerprint density at radius 2 is 2.00 bits per heavy atom. The average Bonchev–Trinajstić information content (AvgIpc) is 2.56. The van der Waals surface area contributed by atoms with E-state index in [1.54, 1.807) is 0 Å². The lowest BCUT2D eigenvalue weighted by atomic mass is 10.0. The number of piperidine rings is 1. The zero-order valence-electron chi connectivity index (χ0n) is 12.7. The van der Waals surface area contributed by atoms with E-state index >= 15 is 0 Å². The maximum absolute atomic E-state index is 5.92. The van der Waals surface area contributed by atoms with Crippen LogP contribution in [0.15, 0.2) is 24.3 Å². The van der Waals surface area contributed by atoms with Crippen molar-refractivity contribution in [2.75, 3.05) is 46.0 Å². The molecule has 1 aromatic carbocycles. The highest BCUT2D eigenvalue weighted by atomic mass is 16.5. The van der Waals surface area contributed by atoms with Gasteiger partial charge in [-0.05, 0) is 37.1 Å². The molecule has 0 bridgehead atoms. The van der Waals surface area contributed by atoms with Crippen molar-refractivity contribution < 1.29 is 9.47 Å². The van der Waals surface area contributed by atoms with Gasteiger partial charge in [0, 0.05) is 32.1 Å². The number of nitrogens with zero attached hydrogens (tertiary/aromatic N) is 1. The van der Waals surface area contributed by atoms with E-state index in [4.69, 9.17) is 9.47 Å². The van der Waals surface area contributed by atoms with Gasteiger partial charge in [-0.25, -0.2) is 0 Å². The second kappa shape index (κ2) is 7.78. The van der Waals surface area contributed by atoms with E-state index in [1.807, 2.05) is 0 Å². The monoisotopic (exact) mass is 290 g/mol. The van der Waals surface area contributed by atoms with Crippen LogP contribution in [0, 0.1) is 5.92 Å². The molecular weight excluding hydrogens is 264 g/mol. The van der Waals surface area contributed by atoms with Gasteiger partial charge in [0.2, 0.25) is 0 Å². The van der Waals surface area contributed by atoms with Gasteiger partial charge in [-0.15, -0.1) is 0 Å². The van der Waals surface area contributed by atoms with Crippen LogP contribution in [-0.4, -0.2) is 50.9 Å². The number of hydrogen-bond acceptors (Lipinski definition) is 4.